The van der Waals surface area contributed by atoms with Gasteiger partial charge in [0.15, 0.2) is 0 Å². The van der Waals surface area contributed by atoms with Crippen molar-refractivity contribution in [1.29, 1.82) is 0 Å². The zero-order valence-electron chi connectivity index (χ0n) is 15.5. The van der Waals surface area contributed by atoms with Crippen LogP contribution in [0.2, 0.25) is 0 Å². The van der Waals surface area contributed by atoms with Gasteiger partial charge in [0.05, 0.1) is 56.6 Å². The van der Waals surface area contributed by atoms with Gasteiger partial charge in [-0.2, -0.15) is 9.50 Å². The average Bonchev–Trinajstić information content (AvgIpc) is 3.25. The summed E-state index contributed by atoms with van der Waals surface area (Å²) in [5, 5.41) is 13.6. The summed E-state index contributed by atoms with van der Waals surface area (Å²) in [7, 11) is 2.27. The summed E-state index contributed by atoms with van der Waals surface area (Å²) in [6, 6.07) is 0. The Labute approximate surface area is 156 Å². The lowest BCUT2D eigenvalue weighted by atomic mass is 10.0. The number of hydrogen-bond donors (Lipinski definition) is 2. The minimum Gasteiger partial charge on any atom is -0.345 e. The second-order valence-electron chi connectivity index (χ2n) is 7.63. The fraction of sp³-hybridized carbons (Fsp3) is 0.647. The summed E-state index contributed by atoms with van der Waals surface area (Å²) in [5.41, 5.74) is 1.50. The standard InChI is InChI=1S/C17H24N8S/c1-3-5-23-6-4-12-13(11-23)26-16-14(12)15(18-17-19-20-21-25(16)17)24-9-7-22(2)8-10-24/h3-11H2,1-2H3/p+2. The molecule has 3 aromatic rings. The van der Waals surface area contributed by atoms with Crippen molar-refractivity contribution in [3.8, 4) is 0 Å². The smallest absolute Gasteiger partial charge is 0.276 e. The van der Waals surface area contributed by atoms with E-state index in [1.807, 2.05) is 15.9 Å². The van der Waals surface area contributed by atoms with Gasteiger partial charge >= 0.3 is 0 Å². The van der Waals surface area contributed by atoms with Gasteiger partial charge < -0.3 is 14.7 Å². The molecule has 0 spiro atoms. The topological polar surface area (TPSA) is 68.1 Å². The van der Waals surface area contributed by atoms with Crippen LogP contribution < -0.4 is 14.7 Å². The largest absolute Gasteiger partial charge is 0.345 e. The maximum atomic E-state index is 4.89. The molecule has 2 aliphatic rings. The van der Waals surface area contributed by atoms with Gasteiger partial charge in [0.25, 0.3) is 5.78 Å². The fourth-order valence-corrected chi connectivity index (χ4v) is 5.69. The summed E-state index contributed by atoms with van der Waals surface area (Å²) in [6.07, 6.45) is 2.37. The van der Waals surface area contributed by atoms with Crippen LogP contribution in [0.4, 0.5) is 5.82 Å². The molecule has 0 amide bonds. The highest BCUT2D eigenvalue weighted by molar-refractivity contribution is 7.19. The molecule has 1 unspecified atom stereocenters. The highest BCUT2D eigenvalue weighted by Gasteiger charge is 2.30. The van der Waals surface area contributed by atoms with Crippen LogP contribution in [0.3, 0.4) is 0 Å². The van der Waals surface area contributed by atoms with Gasteiger partial charge in [0.2, 0.25) is 0 Å². The molecule has 8 nitrogen and oxygen atoms in total. The molecule has 0 bridgehead atoms. The first kappa shape index (κ1) is 16.3. The van der Waals surface area contributed by atoms with E-state index < -0.39 is 0 Å². The van der Waals surface area contributed by atoms with Crippen LogP contribution in [-0.4, -0.2) is 71.3 Å². The molecule has 5 heterocycles. The highest BCUT2D eigenvalue weighted by Crippen LogP contribution is 2.37. The van der Waals surface area contributed by atoms with Crippen LogP contribution in [0.1, 0.15) is 23.8 Å². The van der Waals surface area contributed by atoms with Crippen molar-refractivity contribution >= 4 is 33.1 Å². The molecule has 0 aliphatic carbocycles. The van der Waals surface area contributed by atoms with Gasteiger partial charge in [-0.3, -0.25) is 0 Å². The van der Waals surface area contributed by atoms with Crippen LogP contribution >= 0.6 is 11.3 Å². The molecule has 2 N–H and O–H groups in total. The van der Waals surface area contributed by atoms with E-state index in [4.69, 9.17) is 4.98 Å². The Hall–Kier alpha value is -1.84. The Morgan fingerprint density at radius 3 is 2.85 bits per heavy atom. The number of nitrogens with zero attached hydrogens (tertiary/aromatic N) is 6. The van der Waals surface area contributed by atoms with E-state index in [9.17, 15) is 0 Å². The molecule has 3 aromatic heterocycles. The lowest BCUT2D eigenvalue weighted by Crippen LogP contribution is -3.12. The normalized spacial score (nSPS) is 21.6. The number of likely N-dealkylation sites (N-methyl/N-ethyl adjacent to an activating group) is 1. The van der Waals surface area contributed by atoms with E-state index in [1.54, 1.807) is 9.80 Å². The highest BCUT2D eigenvalue weighted by atomic mass is 32.1. The molecule has 0 radical (unpaired) electrons. The third-order valence-electron chi connectivity index (χ3n) is 5.81. The van der Waals surface area contributed by atoms with Crippen LogP contribution in [-0.2, 0) is 13.0 Å². The predicted molar refractivity (Wildman–Crippen MR) is 101 cm³/mol. The number of aromatic nitrogens is 5. The summed E-state index contributed by atoms with van der Waals surface area (Å²) in [6.45, 7) is 10.3. The summed E-state index contributed by atoms with van der Waals surface area (Å²) in [5.74, 6) is 1.72. The van der Waals surface area contributed by atoms with Crippen LogP contribution in [0.15, 0.2) is 0 Å². The molecule has 138 valence electrons. The van der Waals surface area contributed by atoms with Gasteiger partial charge in [-0.15, -0.1) is 11.3 Å². The average molecular weight is 375 g/mol. The summed E-state index contributed by atoms with van der Waals surface area (Å²) < 4.78 is 1.84. The van der Waals surface area contributed by atoms with Crippen molar-refractivity contribution in [2.24, 2.45) is 0 Å². The number of nitrogens with one attached hydrogen (secondary N) is 2. The first-order valence-electron chi connectivity index (χ1n) is 9.66. The van der Waals surface area contributed by atoms with Crippen molar-refractivity contribution in [2.45, 2.75) is 26.3 Å². The molecule has 1 atom stereocenters. The van der Waals surface area contributed by atoms with E-state index in [-0.39, 0.29) is 0 Å². The monoisotopic (exact) mass is 374 g/mol. The Morgan fingerprint density at radius 1 is 1.19 bits per heavy atom. The van der Waals surface area contributed by atoms with Crippen molar-refractivity contribution in [1.82, 2.24) is 25.0 Å². The number of piperazine rings is 1. The molecular weight excluding hydrogens is 348 g/mol. The molecule has 26 heavy (non-hydrogen) atoms. The minimum atomic E-state index is 0.620. The van der Waals surface area contributed by atoms with Crippen molar-refractivity contribution < 1.29 is 9.80 Å². The van der Waals surface area contributed by atoms with Gasteiger partial charge in [-0.1, -0.05) is 12.0 Å². The number of quaternary nitrogens is 2. The number of hydrogen-bond acceptors (Lipinski definition) is 6. The molecule has 9 heteroatoms. The number of thiophene rings is 1. The van der Waals surface area contributed by atoms with E-state index in [0.29, 0.717) is 5.78 Å². The SMILES string of the molecule is CCC[NH+]1CCc2c(sc3c2c(N2CC[NH+](C)CC2)nc2nnnn23)C1. The molecule has 1 saturated heterocycles. The quantitative estimate of drug-likeness (QED) is 0.579. The van der Waals surface area contributed by atoms with E-state index >= 15 is 0 Å². The Kier molecular flexibility index (Phi) is 4.02. The lowest BCUT2D eigenvalue weighted by Gasteiger charge is -2.31. The second kappa shape index (κ2) is 6.40. The fourth-order valence-electron chi connectivity index (χ4n) is 4.33. The van der Waals surface area contributed by atoms with Crippen molar-refractivity contribution in [3.05, 3.63) is 10.4 Å². The molecule has 2 aliphatic heterocycles. The van der Waals surface area contributed by atoms with Crippen molar-refractivity contribution in [3.63, 3.8) is 0 Å². The zero-order chi connectivity index (χ0) is 17.7. The summed E-state index contributed by atoms with van der Waals surface area (Å²) in [4.78, 5) is 13.3. The Morgan fingerprint density at radius 2 is 2.04 bits per heavy atom. The van der Waals surface area contributed by atoms with Crippen LogP contribution in [0.25, 0.3) is 16.0 Å². The third kappa shape index (κ3) is 2.57. The molecule has 1 fully saturated rings. The van der Waals surface area contributed by atoms with Crippen LogP contribution in [0, 0.1) is 0 Å². The minimum absolute atomic E-state index is 0.620. The summed E-state index contributed by atoms with van der Waals surface area (Å²) >= 11 is 1.87. The number of fused-ring (bicyclic) bond motifs is 5. The first-order chi connectivity index (χ1) is 12.7. The van der Waals surface area contributed by atoms with E-state index in [2.05, 4.69) is 34.4 Å². The zero-order valence-corrected chi connectivity index (χ0v) is 16.3. The maximum Gasteiger partial charge on any atom is 0.276 e. The Balaban J connectivity index is 1.66. The van der Waals surface area contributed by atoms with Crippen molar-refractivity contribution in [2.75, 3.05) is 51.2 Å². The van der Waals surface area contributed by atoms with E-state index in [1.165, 1.54) is 40.2 Å². The van der Waals surface area contributed by atoms with Gasteiger partial charge in [-0.05, 0) is 22.4 Å². The van der Waals surface area contributed by atoms with Gasteiger partial charge in [0.1, 0.15) is 17.2 Å². The molecule has 0 saturated carbocycles. The maximum absolute atomic E-state index is 4.89. The van der Waals surface area contributed by atoms with Crippen LogP contribution in [0.5, 0.6) is 0 Å². The molecule has 0 aromatic carbocycles. The van der Waals surface area contributed by atoms with E-state index in [0.717, 1.165) is 45.0 Å². The number of tetrazole rings is 1. The number of rotatable bonds is 3. The van der Waals surface area contributed by atoms with Gasteiger partial charge in [-0.25, -0.2) is 0 Å². The number of anilines is 1. The second-order valence-corrected chi connectivity index (χ2v) is 8.71. The Bertz CT molecular complexity index is 939. The lowest BCUT2D eigenvalue weighted by molar-refractivity contribution is -0.915. The molecule has 5 rings (SSSR count). The molecular formula is C17H26N8S+2. The predicted octanol–water partition coefficient (Wildman–Crippen LogP) is -1.58. The third-order valence-corrected chi connectivity index (χ3v) is 7.01. The van der Waals surface area contributed by atoms with Gasteiger partial charge in [0, 0.05) is 6.42 Å². The first-order valence-corrected chi connectivity index (χ1v) is 10.5.